The van der Waals surface area contributed by atoms with Crippen LogP contribution < -0.4 is 0 Å². The zero-order valence-corrected chi connectivity index (χ0v) is 13.1. The molecule has 2 rings (SSSR count). The van der Waals surface area contributed by atoms with E-state index in [1.165, 1.54) is 0 Å². The van der Waals surface area contributed by atoms with Crippen molar-refractivity contribution in [2.24, 2.45) is 0 Å². The summed E-state index contributed by atoms with van der Waals surface area (Å²) in [6, 6.07) is 0. The van der Waals surface area contributed by atoms with Crippen molar-refractivity contribution < 1.29 is 0 Å². The van der Waals surface area contributed by atoms with E-state index < -0.39 is 0 Å². The van der Waals surface area contributed by atoms with Crippen LogP contribution in [0.2, 0.25) is 5.15 Å². The van der Waals surface area contributed by atoms with Crippen molar-refractivity contribution in [1.29, 1.82) is 0 Å². The van der Waals surface area contributed by atoms with E-state index in [1.54, 1.807) is 0 Å². The molecule has 96 valence electrons. The highest BCUT2D eigenvalue weighted by Gasteiger charge is 2.16. The maximum Gasteiger partial charge on any atom is 0.161 e. The van der Waals surface area contributed by atoms with Gasteiger partial charge in [-0.3, -0.25) is 0 Å². The highest BCUT2D eigenvalue weighted by atomic mass is 79.9. The second-order valence-electron chi connectivity index (χ2n) is 4.13. The Bertz CT molecular complexity index is 607. The van der Waals surface area contributed by atoms with Crippen LogP contribution in [0.3, 0.4) is 0 Å². The first-order valence-corrected chi connectivity index (χ1v) is 6.87. The summed E-state index contributed by atoms with van der Waals surface area (Å²) >= 11 is 9.66. The van der Waals surface area contributed by atoms with Gasteiger partial charge in [0.1, 0.15) is 11.0 Å². The second kappa shape index (κ2) is 4.97. The van der Waals surface area contributed by atoms with Crippen LogP contribution in [0, 0.1) is 20.8 Å². The van der Waals surface area contributed by atoms with Gasteiger partial charge < -0.3 is 0 Å². The maximum atomic E-state index is 6.14. The lowest BCUT2D eigenvalue weighted by atomic mass is 10.3. The molecule has 0 aliphatic rings. The van der Waals surface area contributed by atoms with Crippen molar-refractivity contribution in [3.05, 3.63) is 32.4 Å². The molecule has 0 N–H and O–H groups in total. The molecule has 0 saturated carbocycles. The molecular formula is C12H14BrClN4. The fourth-order valence-electron chi connectivity index (χ4n) is 1.71. The molecule has 0 saturated heterocycles. The van der Waals surface area contributed by atoms with Crippen LogP contribution >= 0.6 is 27.5 Å². The molecule has 0 unspecified atom stereocenters. The Kier molecular flexibility index (Phi) is 3.73. The van der Waals surface area contributed by atoms with Crippen molar-refractivity contribution in [2.75, 3.05) is 0 Å². The lowest BCUT2D eigenvalue weighted by Crippen LogP contribution is -2.08. The first-order valence-electron chi connectivity index (χ1n) is 5.70. The predicted molar refractivity (Wildman–Crippen MR) is 75.5 cm³/mol. The Morgan fingerprint density at radius 3 is 2.39 bits per heavy atom. The summed E-state index contributed by atoms with van der Waals surface area (Å²) in [4.78, 5) is 8.76. The summed E-state index contributed by atoms with van der Waals surface area (Å²) < 4.78 is 2.80. The van der Waals surface area contributed by atoms with Gasteiger partial charge in [0.05, 0.1) is 15.9 Å². The normalized spacial score (nSPS) is 11.0. The molecule has 0 fully saturated rings. The van der Waals surface area contributed by atoms with Gasteiger partial charge in [-0.25, -0.2) is 14.6 Å². The van der Waals surface area contributed by atoms with Gasteiger partial charge in [0.15, 0.2) is 5.82 Å². The van der Waals surface area contributed by atoms with Gasteiger partial charge >= 0.3 is 0 Å². The molecular weight excluding hydrogens is 316 g/mol. The molecule has 2 heterocycles. The number of aryl methyl sites for hydroxylation is 2. The molecule has 2 aromatic heterocycles. The first-order chi connectivity index (χ1) is 8.45. The summed E-state index contributed by atoms with van der Waals surface area (Å²) in [5.41, 5.74) is 2.78. The summed E-state index contributed by atoms with van der Waals surface area (Å²) in [6.45, 7) is 7.85. The predicted octanol–water partition coefficient (Wildman–Crippen LogP) is 3.57. The SMILES string of the molecule is CCc1nc(Cl)c(C)c(-n2nc(C)c(Br)c2C)n1. The van der Waals surface area contributed by atoms with Crippen molar-refractivity contribution in [2.45, 2.75) is 34.1 Å². The number of hydrogen-bond acceptors (Lipinski definition) is 3. The van der Waals surface area contributed by atoms with Crippen molar-refractivity contribution in [1.82, 2.24) is 19.7 Å². The molecule has 2 aromatic rings. The zero-order chi connectivity index (χ0) is 13.4. The van der Waals surface area contributed by atoms with Gasteiger partial charge in [0, 0.05) is 12.0 Å². The van der Waals surface area contributed by atoms with Crippen molar-refractivity contribution in [3.63, 3.8) is 0 Å². The van der Waals surface area contributed by atoms with Gasteiger partial charge in [-0.2, -0.15) is 5.10 Å². The highest BCUT2D eigenvalue weighted by molar-refractivity contribution is 9.10. The zero-order valence-electron chi connectivity index (χ0n) is 10.8. The summed E-state index contributed by atoms with van der Waals surface area (Å²) in [5, 5.41) is 4.96. The van der Waals surface area contributed by atoms with E-state index in [1.807, 2.05) is 32.4 Å². The monoisotopic (exact) mass is 328 g/mol. The van der Waals surface area contributed by atoms with Crippen LogP contribution in [0.1, 0.15) is 29.7 Å². The van der Waals surface area contributed by atoms with E-state index in [0.717, 1.165) is 39.5 Å². The molecule has 6 heteroatoms. The fraction of sp³-hybridized carbons (Fsp3) is 0.417. The third-order valence-corrected chi connectivity index (χ3v) is 4.34. The van der Waals surface area contributed by atoms with Gasteiger partial charge in [-0.1, -0.05) is 18.5 Å². The van der Waals surface area contributed by atoms with Crippen molar-refractivity contribution in [3.8, 4) is 5.82 Å². The smallest absolute Gasteiger partial charge is 0.161 e. The van der Waals surface area contributed by atoms with Gasteiger partial charge in [-0.05, 0) is 36.7 Å². The number of aromatic nitrogens is 4. The topological polar surface area (TPSA) is 43.6 Å². The number of hydrogen-bond donors (Lipinski definition) is 0. The third-order valence-electron chi connectivity index (χ3n) is 2.83. The van der Waals surface area contributed by atoms with Gasteiger partial charge in [0.2, 0.25) is 0 Å². The Morgan fingerprint density at radius 1 is 1.22 bits per heavy atom. The van der Waals surface area contributed by atoms with Crippen molar-refractivity contribution >= 4 is 27.5 Å². The van der Waals surface area contributed by atoms with Gasteiger partial charge in [-0.15, -0.1) is 0 Å². The quantitative estimate of drug-likeness (QED) is 0.791. The minimum Gasteiger partial charge on any atom is -0.221 e. The molecule has 0 amide bonds. The lowest BCUT2D eigenvalue weighted by molar-refractivity contribution is 0.774. The third kappa shape index (κ3) is 2.17. The number of halogens is 2. The van der Waals surface area contributed by atoms with E-state index in [-0.39, 0.29) is 0 Å². The number of nitrogens with zero attached hydrogens (tertiary/aromatic N) is 4. The molecule has 0 aromatic carbocycles. The van der Waals surface area contributed by atoms with Crippen LogP contribution in [0.25, 0.3) is 5.82 Å². The largest absolute Gasteiger partial charge is 0.221 e. The van der Waals surface area contributed by atoms with Crippen LogP contribution in [-0.4, -0.2) is 19.7 Å². The minimum absolute atomic E-state index is 0.487. The van der Waals surface area contributed by atoms with Crippen LogP contribution in [0.4, 0.5) is 0 Å². The minimum atomic E-state index is 0.487. The Hall–Kier alpha value is -0.940. The van der Waals surface area contributed by atoms with Gasteiger partial charge in [0.25, 0.3) is 0 Å². The Morgan fingerprint density at radius 2 is 1.89 bits per heavy atom. The molecule has 0 atom stereocenters. The average molecular weight is 330 g/mol. The van der Waals surface area contributed by atoms with E-state index >= 15 is 0 Å². The summed E-state index contributed by atoms with van der Waals surface area (Å²) in [7, 11) is 0. The fourth-order valence-corrected chi connectivity index (χ4v) is 2.14. The molecule has 0 spiro atoms. The molecule has 4 nitrogen and oxygen atoms in total. The van der Waals surface area contributed by atoms with E-state index in [4.69, 9.17) is 11.6 Å². The highest BCUT2D eigenvalue weighted by Crippen LogP contribution is 2.25. The number of rotatable bonds is 2. The molecule has 0 radical (unpaired) electrons. The van der Waals surface area contributed by atoms with Crippen LogP contribution in [0.15, 0.2) is 4.47 Å². The molecule has 18 heavy (non-hydrogen) atoms. The van der Waals surface area contributed by atoms with Crippen LogP contribution in [0.5, 0.6) is 0 Å². The Labute approximate surface area is 120 Å². The molecule has 0 aliphatic heterocycles. The van der Waals surface area contributed by atoms with E-state index in [2.05, 4.69) is 31.0 Å². The Balaban J connectivity index is 2.70. The lowest BCUT2D eigenvalue weighted by Gasteiger charge is -2.09. The molecule has 0 bridgehead atoms. The van der Waals surface area contributed by atoms with Crippen LogP contribution in [-0.2, 0) is 6.42 Å². The van der Waals surface area contributed by atoms with E-state index in [9.17, 15) is 0 Å². The summed E-state index contributed by atoms with van der Waals surface area (Å²) in [5.74, 6) is 1.47. The maximum absolute atomic E-state index is 6.14. The standard InChI is InChI=1S/C12H14BrClN4/c1-5-9-15-11(14)6(2)12(16-9)18-8(4)10(13)7(3)17-18/h5H2,1-4H3. The summed E-state index contributed by atoms with van der Waals surface area (Å²) in [6.07, 6.45) is 0.744. The molecule has 0 aliphatic carbocycles. The first kappa shape index (κ1) is 13.5. The second-order valence-corrected chi connectivity index (χ2v) is 5.28. The average Bonchev–Trinajstić information content (AvgIpc) is 2.60. The van der Waals surface area contributed by atoms with E-state index in [0.29, 0.717) is 5.15 Å².